The fourth-order valence-electron chi connectivity index (χ4n) is 3.55. The Morgan fingerprint density at radius 2 is 1.69 bits per heavy atom. The molecule has 1 atom stereocenters. The molecule has 0 saturated heterocycles. The zero-order valence-corrected chi connectivity index (χ0v) is 18.4. The molecule has 0 aliphatic carbocycles. The topological polar surface area (TPSA) is 34.1 Å². The van der Waals surface area contributed by atoms with Crippen molar-refractivity contribution in [1.29, 1.82) is 0 Å². The molecule has 0 spiro atoms. The van der Waals surface area contributed by atoms with Crippen molar-refractivity contribution in [2.24, 2.45) is 5.10 Å². The van der Waals surface area contributed by atoms with Gasteiger partial charge in [0, 0.05) is 10.9 Å². The van der Waals surface area contributed by atoms with Crippen molar-refractivity contribution in [1.82, 2.24) is 0 Å². The molecule has 1 aliphatic heterocycles. The molecular weight excluding hydrogens is 452 g/mol. The molecule has 6 heteroatoms. The van der Waals surface area contributed by atoms with Crippen molar-refractivity contribution in [3.63, 3.8) is 0 Å². The van der Waals surface area contributed by atoms with Crippen LogP contribution in [0.25, 0.3) is 0 Å². The van der Waals surface area contributed by atoms with Gasteiger partial charge in [0.05, 0.1) is 36.7 Å². The van der Waals surface area contributed by atoms with E-state index in [4.69, 9.17) is 26.2 Å². The first-order valence-electron chi connectivity index (χ1n) is 9.20. The summed E-state index contributed by atoms with van der Waals surface area (Å²) in [5.41, 5.74) is 4.06. The van der Waals surface area contributed by atoms with Gasteiger partial charge in [-0.2, -0.15) is 5.10 Å². The molecule has 4 rings (SSSR count). The highest BCUT2D eigenvalue weighted by Gasteiger charge is 2.32. The first kappa shape index (κ1) is 19.8. The van der Waals surface area contributed by atoms with Crippen LogP contribution in [-0.4, -0.2) is 19.9 Å². The Bertz CT molecular complexity index is 1040. The second kappa shape index (κ2) is 8.47. The van der Waals surface area contributed by atoms with Gasteiger partial charge in [-0.3, -0.25) is 5.01 Å². The number of anilines is 1. The fraction of sp³-hybridized carbons (Fsp3) is 0.174. The van der Waals surface area contributed by atoms with Gasteiger partial charge in [0.1, 0.15) is 0 Å². The third kappa shape index (κ3) is 3.85. The Labute approximate surface area is 183 Å². The van der Waals surface area contributed by atoms with Crippen LogP contribution in [0.4, 0.5) is 5.69 Å². The van der Waals surface area contributed by atoms with Crippen LogP contribution < -0.4 is 14.5 Å². The van der Waals surface area contributed by atoms with Crippen LogP contribution >= 0.6 is 27.5 Å². The van der Waals surface area contributed by atoms with Crippen molar-refractivity contribution in [2.45, 2.75) is 12.5 Å². The predicted octanol–water partition coefficient (Wildman–Crippen LogP) is 6.48. The summed E-state index contributed by atoms with van der Waals surface area (Å²) in [6.45, 7) is 0. The van der Waals surface area contributed by atoms with Crippen molar-refractivity contribution < 1.29 is 9.47 Å². The Kier molecular flexibility index (Phi) is 5.79. The van der Waals surface area contributed by atoms with E-state index in [9.17, 15) is 0 Å². The molecule has 0 aromatic heterocycles. The van der Waals surface area contributed by atoms with E-state index < -0.39 is 0 Å². The first-order chi connectivity index (χ1) is 14.1. The number of methoxy groups -OCH3 is 2. The van der Waals surface area contributed by atoms with E-state index in [1.165, 1.54) is 0 Å². The molecule has 3 aromatic rings. The summed E-state index contributed by atoms with van der Waals surface area (Å²) in [5, 5.41) is 7.54. The van der Waals surface area contributed by atoms with Crippen LogP contribution in [0.3, 0.4) is 0 Å². The lowest BCUT2D eigenvalue weighted by atomic mass is 9.97. The van der Waals surface area contributed by atoms with Crippen molar-refractivity contribution in [3.05, 3.63) is 87.4 Å². The van der Waals surface area contributed by atoms with Crippen LogP contribution in [0, 0.1) is 0 Å². The SMILES string of the molecule is COc1ccc(C2CC(c3ccc(Br)cc3)=NN2c2ccccc2)c(Cl)c1OC. The zero-order valence-electron chi connectivity index (χ0n) is 16.1. The lowest BCUT2D eigenvalue weighted by molar-refractivity contribution is 0.354. The summed E-state index contributed by atoms with van der Waals surface area (Å²) in [6.07, 6.45) is 0.728. The maximum absolute atomic E-state index is 6.75. The number of hydrogen-bond donors (Lipinski definition) is 0. The van der Waals surface area contributed by atoms with Crippen LogP contribution in [0.1, 0.15) is 23.6 Å². The van der Waals surface area contributed by atoms with Crippen LogP contribution in [0.2, 0.25) is 5.02 Å². The first-order valence-corrected chi connectivity index (χ1v) is 10.4. The molecule has 148 valence electrons. The lowest BCUT2D eigenvalue weighted by Crippen LogP contribution is -2.19. The molecule has 0 fully saturated rings. The summed E-state index contributed by atoms with van der Waals surface area (Å²) < 4.78 is 11.9. The lowest BCUT2D eigenvalue weighted by Gasteiger charge is -2.25. The van der Waals surface area contributed by atoms with E-state index in [-0.39, 0.29) is 6.04 Å². The molecule has 3 aromatic carbocycles. The summed E-state index contributed by atoms with van der Waals surface area (Å²) >= 11 is 10.2. The van der Waals surface area contributed by atoms with Gasteiger partial charge in [-0.05, 0) is 41.5 Å². The molecule has 0 amide bonds. The maximum Gasteiger partial charge on any atom is 0.179 e. The van der Waals surface area contributed by atoms with Gasteiger partial charge in [-0.25, -0.2) is 0 Å². The number of halogens is 2. The Balaban J connectivity index is 1.79. The standard InChI is InChI=1S/C23H20BrClN2O2/c1-28-21-13-12-18(22(25)23(21)29-2)20-14-19(15-8-10-16(24)11-9-15)26-27(20)17-6-4-3-5-7-17/h3-13,20H,14H2,1-2H3. The summed E-state index contributed by atoms with van der Waals surface area (Å²) in [4.78, 5) is 0. The van der Waals surface area contributed by atoms with Crippen LogP contribution in [0.15, 0.2) is 76.3 Å². The number of ether oxygens (including phenoxy) is 2. The average molecular weight is 472 g/mol. The van der Waals surface area contributed by atoms with Gasteiger partial charge >= 0.3 is 0 Å². The van der Waals surface area contributed by atoms with Gasteiger partial charge in [-0.15, -0.1) is 0 Å². The smallest absolute Gasteiger partial charge is 0.179 e. The summed E-state index contributed by atoms with van der Waals surface area (Å²) in [7, 11) is 3.20. The normalized spacial score (nSPS) is 15.9. The number of para-hydroxylation sites is 1. The summed E-state index contributed by atoms with van der Waals surface area (Å²) in [6, 6.07) is 22.2. The fourth-order valence-corrected chi connectivity index (χ4v) is 4.17. The number of hydrogen-bond acceptors (Lipinski definition) is 4. The largest absolute Gasteiger partial charge is 0.493 e. The maximum atomic E-state index is 6.75. The molecule has 0 N–H and O–H groups in total. The van der Waals surface area contributed by atoms with Crippen LogP contribution in [-0.2, 0) is 0 Å². The highest BCUT2D eigenvalue weighted by molar-refractivity contribution is 9.10. The average Bonchev–Trinajstić information content (AvgIpc) is 3.19. The predicted molar refractivity (Wildman–Crippen MR) is 122 cm³/mol. The zero-order chi connectivity index (χ0) is 20.4. The summed E-state index contributed by atoms with van der Waals surface area (Å²) in [5.74, 6) is 1.15. The molecule has 0 saturated carbocycles. The van der Waals surface area contributed by atoms with Crippen LogP contribution in [0.5, 0.6) is 11.5 Å². The molecule has 1 aliphatic rings. The van der Waals surface area contributed by atoms with Gasteiger partial charge in [0.15, 0.2) is 11.5 Å². The van der Waals surface area contributed by atoms with Gasteiger partial charge in [-0.1, -0.05) is 63.9 Å². The quantitative estimate of drug-likeness (QED) is 0.427. The van der Waals surface area contributed by atoms with E-state index >= 15 is 0 Å². The highest BCUT2D eigenvalue weighted by Crippen LogP contribution is 2.45. The number of hydrazone groups is 1. The van der Waals surface area contributed by atoms with Crippen molar-refractivity contribution in [2.75, 3.05) is 19.2 Å². The molecule has 4 nitrogen and oxygen atoms in total. The highest BCUT2D eigenvalue weighted by atomic mass is 79.9. The minimum Gasteiger partial charge on any atom is -0.493 e. The second-order valence-electron chi connectivity index (χ2n) is 6.66. The van der Waals surface area contributed by atoms with Crippen molar-refractivity contribution >= 4 is 38.9 Å². The van der Waals surface area contributed by atoms with E-state index in [1.807, 2.05) is 47.5 Å². The second-order valence-corrected chi connectivity index (χ2v) is 7.95. The third-order valence-corrected chi connectivity index (χ3v) is 5.90. The molecule has 0 radical (unpaired) electrons. The third-order valence-electron chi connectivity index (χ3n) is 4.98. The molecule has 29 heavy (non-hydrogen) atoms. The molecular formula is C23H20BrClN2O2. The van der Waals surface area contributed by atoms with Crippen molar-refractivity contribution in [3.8, 4) is 11.5 Å². The number of benzene rings is 3. The van der Waals surface area contributed by atoms with E-state index in [0.29, 0.717) is 16.5 Å². The Morgan fingerprint density at radius 1 is 0.966 bits per heavy atom. The molecule has 1 unspecified atom stereocenters. The van der Waals surface area contributed by atoms with Gasteiger partial charge in [0.25, 0.3) is 0 Å². The molecule has 0 bridgehead atoms. The minimum absolute atomic E-state index is 0.0525. The minimum atomic E-state index is -0.0525. The number of nitrogens with zero attached hydrogens (tertiary/aromatic N) is 2. The van der Waals surface area contributed by atoms with Gasteiger partial charge < -0.3 is 9.47 Å². The van der Waals surface area contributed by atoms with E-state index in [2.05, 4.69) is 40.2 Å². The van der Waals surface area contributed by atoms with E-state index in [0.717, 1.165) is 33.4 Å². The van der Waals surface area contributed by atoms with E-state index in [1.54, 1.807) is 14.2 Å². The monoisotopic (exact) mass is 470 g/mol. The van der Waals surface area contributed by atoms with Gasteiger partial charge in [0.2, 0.25) is 0 Å². The Hall–Kier alpha value is -2.50. The molecule has 1 heterocycles. The Morgan fingerprint density at radius 3 is 2.34 bits per heavy atom. The number of rotatable bonds is 5.